The van der Waals surface area contributed by atoms with Gasteiger partial charge in [-0.1, -0.05) is 41.4 Å². The molecule has 1 fully saturated rings. The fourth-order valence-corrected chi connectivity index (χ4v) is 3.83. The Morgan fingerprint density at radius 2 is 1.94 bits per heavy atom. The van der Waals surface area contributed by atoms with Gasteiger partial charge < -0.3 is 15.4 Å². The van der Waals surface area contributed by atoms with E-state index in [1.807, 2.05) is 25.1 Å². The molecule has 0 aliphatic carbocycles. The molecule has 2 amide bonds. The first-order valence-electron chi connectivity index (χ1n) is 10.4. The summed E-state index contributed by atoms with van der Waals surface area (Å²) in [5.41, 5.74) is 2.44. The van der Waals surface area contributed by atoms with E-state index in [1.165, 1.54) is 0 Å². The maximum absolute atomic E-state index is 12.4. The fourth-order valence-electron chi connectivity index (χ4n) is 3.50. The average molecular weight is 464 g/mol. The lowest BCUT2D eigenvalue weighted by Crippen LogP contribution is -2.47. The third kappa shape index (κ3) is 7.21. The van der Waals surface area contributed by atoms with E-state index in [0.29, 0.717) is 41.8 Å². The van der Waals surface area contributed by atoms with E-state index in [1.54, 1.807) is 24.3 Å². The molecule has 1 saturated heterocycles. The summed E-state index contributed by atoms with van der Waals surface area (Å²) < 4.78 is 5.81. The summed E-state index contributed by atoms with van der Waals surface area (Å²) in [6.07, 6.45) is 0.134. The van der Waals surface area contributed by atoms with Crippen molar-refractivity contribution in [1.29, 1.82) is 0 Å². The van der Waals surface area contributed by atoms with E-state index in [9.17, 15) is 9.59 Å². The zero-order valence-corrected chi connectivity index (χ0v) is 19.0. The van der Waals surface area contributed by atoms with Gasteiger partial charge in [0.15, 0.2) is 0 Å². The fraction of sp³-hybridized carbons (Fsp3) is 0.391. The lowest BCUT2D eigenvalue weighted by atomic mass is 10.1. The molecule has 8 heteroatoms. The number of rotatable bonds is 8. The van der Waals surface area contributed by atoms with Crippen molar-refractivity contribution in [2.45, 2.75) is 26.0 Å². The molecule has 0 spiro atoms. The Balaban J connectivity index is 1.47. The Bertz CT molecular complexity index is 923. The molecule has 0 saturated carbocycles. The molecule has 0 radical (unpaired) electrons. The SMILES string of the molecule is CCNC(=O)c1cccc(CC(=O)NCC2CN(Cc3ccc(Cl)c(Cl)c3)CCO2)c1. The van der Waals surface area contributed by atoms with Crippen LogP contribution in [0.4, 0.5) is 0 Å². The third-order valence-electron chi connectivity index (χ3n) is 5.03. The van der Waals surface area contributed by atoms with Gasteiger partial charge in [-0.3, -0.25) is 14.5 Å². The largest absolute Gasteiger partial charge is 0.374 e. The van der Waals surface area contributed by atoms with Gasteiger partial charge in [-0.25, -0.2) is 0 Å². The van der Waals surface area contributed by atoms with Gasteiger partial charge >= 0.3 is 0 Å². The molecular weight excluding hydrogens is 437 g/mol. The van der Waals surface area contributed by atoms with Crippen molar-refractivity contribution in [2.24, 2.45) is 0 Å². The van der Waals surface area contributed by atoms with Crippen LogP contribution in [-0.2, 0) is 22.5 Å². The molecule has 1 unspecified atom stereocenters. The molecule has 31 heavy (non-hydrogen) atoms. The Labute approximate surface area is 192 Å². The molecule has 166 valence electrons. The second-order valence-corrected chi connectivity index (χ2v) is 8.33. The summed E-state index contributed by atoms with van der Waals surface area (Å²) in [4.78, 5) is 26.6. The summed E-state index contributed by atoms with van der Waals surface area (Å²) in [5.74, 6) is -0.235. The van der Waals surface area contributed by atoms with Gasteiger partial charge in [0.25, 0.3) is 5.91 Å². The van der Waals surface area contributed by atoms with Crippen molar-refractivity contribution in [3.05, 3.63) is 69.2 Å². The minimum atomic E-state index is -0.137. The van der Waals surface area contributed by atoms with E-state index >= 15 is 0 Å². The van der Waals surface area contributed by atoms with Crippen molar-refractivity contribution in [3.63, 3.8) is 0 Å². The lowest BCUT2D eigenvalue weighted by molar-refractivity contribution is -0.121. The minimum absolute atomic E-state index is 0.0814. The number of morpholine rings is 1. The number of hydrogen-bond donors (Lipinski definition) is 2. The zero-order valence-electron chi connectivity index (χ0n) is 17.5. The molecule has 2 N–H and O–H groups in total. The monoisotopic (exact) mass is 463 g/mol. The number of carbonyl (C=O) groups excluding carboxylic acids is 2. The van der Waals surface area contributed by atoms with Crippen LogP contribution in [0.25, 0.3) is 0 Å². The van der Waals surface area contributed by atoms with Gasteiger partial charge in [0.2, 0.25) is 5.91 Å². The molecule has 2 aromatic carbocycles. The number of ether oxygens (including phenoxy) is 1. The standard InChI is InChI=1S/C23H27Cl2N3O3/c1-2-26-23(30)18-5-3-4-16(10-18)12-22(29)27-13-19-15-28(8-9-31-19)14-17-6-7-20(24)21(25)11-17/h3-7,10-11,19H,2,8-9,12-15H2,1H3,(H,26,30)(H,27,29). The van der Waals surface area contributed by atoms with Gasteiger partial charge in [0.1, 0.15) is 0 Å². The number of amides is 2. The Hall–Kier alpha value is -2.12. The number of nitrogens with zero attached hydrogens (tertiary/aromatic N) is 1. The van der Waals surface area contributed by atoms with Gasteiger partial charge in [0.05, 0.1) is 29.2 Å². The first-order chi connectivity index (χ1) is 14.9. The number of benzene rings is 2. The van der Waals surface area contributed by atoms with Gasteiger partial charge in [-0.2, -0.15) is 0 Å². The van der Waals surface area contributed by atoms with Crippen LogP contribution in [0.1, 0.15) is 28.4 Å². The van der Waals surface area contributed by atoms with Crippen molar-refractivity contribution in [3.8, 4) is 0 Å². The van der Waals surface area contributed by atoms with Crippen molar-refractivity contribution in [2.75, 3.05) is 32.8 Å². The highest BCUT2D eigenvalue weighted by atomic mass is 35.5. The van der Waals surface area contributed by atoms with Crippen LogP contribution in [-0.4, -0.2) is 55.6 Å². The maximum Gasteiger partial charge on any atom is 0.251 e. The molecule has 6 nitrogen and oxygen atoms in total. The predicted molar refractivity (Wildman–Crippen MR) is 123 cm³/mol. The quantitative estimate of drug-likeness (QED) is 0.629. The smallest absolute Gasteiger partial charge is 0.251 e. The molecule has 1 heterocycles. The normalized spacial score (nSPS) is 16.7. The highest BCUT2D eigenvalue weighted by Gasteiger charge is 2.21. The van der Waals surface area contributed by atoms with Crippen LogP contribution in [0.2, 0.25) is 10.0 Å². The van der Waals surface area contributed by atoms with Crippen LogP contribution >= 0.6 is 23.2 Å². The summed E-state index contributed by atoms with van der Waals surface area (Å²) in [6, 6.07) is 12.8. The number of hydrogen-bond acceptors (Lipinski definition) is 4. The van der Waals surface area contributed by atoms with Gasteiger partial charge in [-0.05, 0) is 42.3 Å². The molecular formula is C23H27Cl2N3O3. The van der Waals surface area contributed by atoms with E-state index in [0.717, 1.165) is 24.2 Å². The first-order valence-corrected chi connectivity index (χ1v) is 11.1. The molecule has 2 aromatic rings. The number of nitrogens with one attached hydrogen (secondary N) is 2. The van der Waals surface area contributed by atoms with E-state index in [4.69, 9.17) is 27.9 Å². The maximum atomic E-state index is 12.4. The van der Waals surface area contributed by atoms with Crippen LogP contribution in [0.15, 0.2) is 42.5 Å². The van der Waals surface area contributed by atoms with Crippen molar-refractivity contribution < 1.29 is 14.3 Å². The van der Waals surface area contributed by atoms with Crippen LogP contribution in [0, 0.1) is 0 Å². The Kier molecular flexibility index (Phi) is 8.72. The summed E-state index contributed by atoms with van der Waals surface area (Å²) in [7, 11) is 0. The van der Waals surface area contributed by atoms with Crippen molar-refractivity contribution >= 4 is 35.0 Å². The highest BCUT2D eigenvalue weighted by molar-refractivity contribution is 6.42. The number of halogens is 2. The second kappa shape index (κ2) is 11.5. The molecule has 1 aliphatic rings. The molecule has 1 atom stereocenters. The van der Waals surface area contributed by atoms with E-state index < -0.39 is 0 Å². The third-order valence-corrected chi connectivity index (χ3v) is 5.77. The topological polar surface area (TPSA) is 70.7 Å². The van der Waals surface area contributed by atoms with Crippen LogP contribution in [0.3, 0.4) is 0 Å². The Morgan fingerprint density at radius 3 is 2.71 bits per heavy atom. The molecule has 0 bridgehead atoms. The molecule has 1 aliphatic heterocycles. The van der Waals surface area contributed by atoms with Gasteiger partial charge in [0, 0.05) is 38.3 Å². The van der Waals surface area contributed by atoms with E-state index in [2.05, 4.69) is 15.5 Å². The summed E-state index contributed by atoms with van der Waals surface area (Å²) in [6.45, 7) is 5.76. The average Bonchev–Trinajstić information content (AvgIpc) is 2.75. The highest BCUT2D eigenvalue weighted by Crippen LogP contribution is 2.23. The van der Waals surface area contributed by atoms with Gasteiger partial charge in [-0.15, -0.1) is 0 Å². The van der Waals surface area contributed by atoms with E-state index in [-0.39, 0.29) is 24.3 Å². The predicted octanol–water partition coefficient (Wildman–Crippen LogP) is 3.30. The Morgan fingerprint density at radius 1 is 1.10 bits per heavy atom. The molecule has 3 rings (SSSR count). The first kappa shape index (κ1) is 23.5. The summed E-state index contributed by atoms with van der Waals surface area (Å²) >= 11 is 12.1. The van der Waals surface area contributed by atoms with Crippen LogP contribution < -0.4 is 10.6 Å². The number of carbonyl (C=O) groups is 2. The lowest BCUT2D eigenvalue weighted by Gasteiger charge is -2.33. The van der Waals surface area contributed by atoms with Crippen LogP contribution in [0.5, 0.6) is 0 Å². The molecule has 0 aromatic heterocycles. The zero-order chi connectivity index (χ0) is 22.2. The second-order valence-electron chi connectivity index (χ2n) is 7.52. The summed E-state index contributed by atoms with van der Waals surface area (Å²) in [5, 5.41) is 6.80. The van der Waals surface area contributed by atoms with Crippen molar-refractivity contribution in [1.82, 2.24) is 15.5 Å². The minimum Gasteiger partial charge on any atom is -0.374 e.